The monoisotopic (exact) mass is 291 g/mol. The average Bonchev–Trinajstić information content (AvgIpc) is 3.06. The Morgan fingerprint density at radius 1 is 1.38 bits per heavy atom. The first-order valence-electron chi connectivity index (χ1n) is 7.31. The van der Waals surface area contributed by atoms with E-state index in [1.807, 2.05) is 12.4 Å². The number of ether oxygens (including phenoxy) is 1. The Kier molecular flexibility index (Phi) is 4.69. The molecule has 0 saturated carbocycles. The topological polar surface area (TPSA) is 63.7 Å². The number of aromatic nitrogens is 2. The molecule has 21 heavy (non-hydrogen) atoms. The van der Waals surface area contributed by atoms with Crippen molar-refractivity contribution in [1.29, 1.82) is 0 Å². The third-order valence-electron chi connectivity index (χ3n) is 3.74. The van der Waals surface area contributed by atoms with Crippen molar-refractivity contribution in [2.24, 2.45) is 0 Å². The Morgan fingerprint density at radius 3 is 3.14 bits per heavy atom. The van der Waals surface area contributed by atoms with Crippen LogP contribution < -0.4 is 0 Å². The fraction of sp³-hybridized carbons (Fsp3) is 0.533. The molecule has 0 radical (unpaired) electrons. The van der Waals surface area contributed by atoms with Crippen molar-refractivity contribution >= 4 is 0 Å². The smallest absolute Gasteiger partial charge is 0.0953 e. The molecule has 2 aromatic rings. The van der Waals surface area contributed by atoms with Crippen LogP contribution in [0.3, 0.4) is 0 Å². The second-order valence-corrected chi connectivity index (χ2v) is 5.30. The Morgan fingerprint density at radius 2 is 2.33 bits per heavy atom. The number of rotatable bonds is 6. The van der Waals surface area contributed by atoms with Crippen molar-refractivity contribution in [1.82, 2.24) is 14.5 Å². The molecule has 1 N–H and O–H groups in total. The number of aryl methyl sites for hydroxylation is 1. The summed E-state index contributed by atoms with van der Waals surface area (Å²) < 4.78 is 12.8. The molecule has 2 aromatic heterocycles. The van der Waals surface area contributed by atoms with Crippen molar-refractivity contribution in [3.05, 3.63) is 41.9 Å². The third-order valence-corrected chi connectivity index (χ3v) is 3.74. The van der Waals surface area contributed by atoms with E-state index in [9.17, 15) is 0 Å². The normalized spacial score (nSPS) is 15.9. The molecule has 0 saturated heterocycles. The maximum absolute atomic E-state index is 8.80. The number of fused-ring (bicyclic) bond motifs is 1. The van der Waals surface area contributed by atoms with E-state index in [0.29, 0.717) is 13.2 Å². The van der Waals surface area contributed by atoms with Gasteiger partial charge in [-0.25, -0.2) is 4.98 Å². The van der Waals surface area contributed by atoms with Gasteiger partial charge >= 0.3 is 0 Å². The number of imidazole rings is 1. The van der Waals surface area contributed by atoms with Crippen LogP contribution in [-0.2, 0) is 31.0 Å². The Hall–Kier alpha value is -1.63. The molecule has 0 spiro atoms. The van der Waals surface area contributed by atoms with Gasteiger partial charge in [-0.1, -0.05) is 0 Å². The molecule has 6 heteroatoms. The highest BCUT2D eigenvalue weighted by Gasteiger charge is 2.19. The summed E-state index contributed by atoms with van der Waals surface area (Å²) in [5.74, 6) is 0. The Labute approximate surface area is 124 Å². The molecule has 114 valence electrons. The van der Waals surface area contributed by atoms with Gasteiger partial charge in [0.1, 0.15) is 0 Å². The molecule has 3 heterocycles. The summed E-state index contributed by atoms with van der Waals surface area (Å²) in [5.41, 5.74) is 3.39. The zero-order valence-electron chi connectivity index (χ0n) is 12.1. The van der Waals surface area contributed by atoms with Crippen LogP contribution in [0.25, 0.3) is 0 Å². The summed E-state index contributed by atoms with van der Waals surface area (Å²) in [6.07, 6.45) is 6.52. The maximum atomic E-state index is 8.80. The summed E-state index contributed by atoms with van der Waals surface area (Å²) in [6, 6.07) is 2.01. The third kappa shape index (κ3) is 3.53. The molecule has 1 aliphatic heterocycles. The number of hydrogen-bond acceptors (Lipinski definition) is 5. The summed E-state index contributed by atoms with van der Waals surface area (Å²) in [7, 11) is 0. The molecule has 0 fully saturated rings. The van der Waals surface area contributed by atoms with Gasteiger partial charge in [-0.2, -0.15) is 0 Å². The quantitative estimate of drug-likeness (QED) is 0.815. The van der Waals surface area contributed by atoms with E-state index >= 15 is 0 Å². The van der Waals surface area contributed by atoms with Gasteiger partial charge < -0.3 is 18.8 Å². The van der Waals surface area contributed by atoms with Gasteiger partial charge in [-0.3, -0.25) is 4.90 Å². The molecule has 6 nitrogen and oxygen atoms in total. The molecule has 0 amide bonds. The van der Waals surface area contributed by atoms with Gasteiger partial charge in [0.25, 0.3) is 0 Å². The number of aliphatic hydroxyl groups excluding tert-OH is 1. The lowest BCUT2D eigenvalue weighted by molar-refractivity contribution is 0.0790. The number of aliphatic hydroxyl groups is 1. The molecule has 0 atom stereocenters. The second kappa shape index (κ2) is 6.89. The minimum atomic E-state index is 0.0443. The van der Waals surface area contributed by atoms with Gasteiger partial charge in [0.05, 0.1) is 50.1 Å². The first-order valence-corrected chi connectivity index (χ1v) is 7.31. The summed E-state index contributed by atoms with van der Waals surface area (Å²) in [5, 5.41) is 8.80. The highest BCUT2D eigenvalue weighted by atomic mass is 16.5. The predicted octanol–water partition coefficient (Wildman–Crippen LogP) is 1.39. The number of furan rings is 1. The van der Waals surface area contributed by atoms with Crippen LogP contribution in [0.4, 0.5) is 0 Å². The van der Waals surface area contributed by atoms with Crippen LogP contribution in [0, 0.1) is 0 Å². The highest BCUT2D eigenvalue weighted by molar-refractivity contribution is 5.14. The van der Waals surface area contributed by atoms with E-state index in [-0.39, 0.29) is 6.61 Å². The van der Waals surface area contributed by atoms with E-state index in [1.54, 1.807) is 12.5 Å². The molecule has 1 aliphatic rings. The SMILES string of the molecule is OCCOCc1ncn2c1CN(Cc1ccoc1)CCC2. The van der Waals surface area contributed by atoms with Crippen LogP contribution in [0.1, 0.15) is 23.4 Å². The van der Waals surface area contributed by atoms with Crippen molar-refractivity contribution in [2.45, 2.75) is 32.7 Å². The molecular weight excluding hydrogens is 270 g/mol. The minimum absolute atomic E-state index is 0.0443. The number of nitrogens with zero attached hydrogens (tertiary/aromatic N) is 3. The van der Waals surface area contributed by atoms with Gasteiger partial charge in [0, 0.05) is 31.7 Å². The van der Waals surface area contributed by atoms with Crippen molar-refractivity contribution < 1.29 is 14.3 Å². The lowest BCUT2D eigenvalue weighted by Gasteiger charge is -2.19. The zero-order chi connectivity index (χ0) is 14.5. The Bertz CT molecular complexity index is 551. The Balaban J connectivity index is 1.69. The molecular formula is C15H21N3O3. The number of hydrogen-bond donors (Lipinski definition) is 1. The highest BCUT2D eigenvalue weighted by Crippen LogP contribution is 2.19. The van der Waals surface area contributed by atoms with Crippen LogP contribution >= 0.6 is 0 Å². The van der Waals surface area contributed by atoms with E-state index < -0.39 is 0 Å². The van der Waals surface area contributed by atoms with E-state index in [0.717, 1.165) is 38.3 Å². The summed E-state index contributed by atoms with van der Waals surface area (Å²) >= 11 is 0. The molecule has 0 bridgehead atoms. The first-order chi connectivity index (χ1) is 10.4. The maximum Gasteiger partial charge on any atom is 0.0953 e. The van der Waals surface area contributed by atoms with Gasteiger partial charge in [-0.05, 0) is 12.5 Å². The lowest BCUT2D eigenvalue weighted by Crippen LogP contribution is -2.23. The van der Waals surface area contributed by atoms with Crippen LogP contribution in [0.5, 0.6) is 0 Å². The van der Waals surface area contributed by atoms with E-state index in [4.69, 9.17) is 14.3 Å². The largest absolute Gasteiger partial charge is 0.472 e. The molecule has 3 rings (SSSR count). The van der Waals surface area contributed by atoms with Crippen molar-refractivity contribution in [3.8, 4) is 0 Å². The molecule has 0 aliphatic carbocycles. The van der Waals surface area contributed by atoms with Gasteiger partial charge in [0.2, 0.25) is 0 Å². The van der Waals surface area contributed by atoms with E-state index in [2.05, 4.69) is 14.5 Å². The predicted molar refractivity (Wildman–Crippen MR) is 76.4 cm³/mol. The van der Waals surface area contributed by atoms with E-state index in [1.165, 1.54) is 11.3 Å². The molecule has 0 aromatic carbocycles. The van der Waals surface area contributed by atoms with Gasteiger partial charge in [-0.15, -0.1) is 0 Å². The summed E-state index contributed by atoms with van der Waals surface area (Å²) in [4.78, 5) is 6.86. The average molecular weight is 291 g/mol. The standard InChI is InChI=1S/C15H21N3O3/c19-5-7-21-11-14-15-9-17(8-13-2-6-20-10-13)3-1-4-18(15)12-16-14/h2,6,10,12,19H,1,3-5,7-9,11H2. The first kappa shape index (κ1) is 14.3. The minimum Gasteiger partial charge on any atom is -0.472 e. The van der Waals surface area contributed by atoms with Gasteiger partial charge in [0.15, 0.2) is 0 Å². The molecule has 0 unspecified atom stereocenters. The van der Waals surface area contributed by atoms with Crippen LogP contribution in [-0.4, -0.2) is 39.3 Å². The van der Waals surface area contributed by atoms with Crippen LogP contribution in [0.2, 0.25) is 0 Å². The zero-order valence-corrected chi connectivity index (χ0v) is 12.1. The van der Waals surface area contributed by atoms with Crippen molar-refractivity contribution in [2.75, 3.05) is 19.8 Å². The van der Waals surface area contributed by atoms with Crippen molar-refractivity contribution in [3.63, 3.8) is 0 Å². The van der Waals surface area contributed by atoms with Crippen LogP contribution in [0.15, 0.2) is 29.3 Å². The lowest BCUT2D eigenvalue weighted by atomic mass is 10.2. The fourth-order valence-corrected chi connectivity index (χ4v) is 2.71. The fourth-order valence-electron chi connectivity index (χ4n) is 2.71. The summed E-state index contributed by atoms with van der Waals surface area (Å²) in [6.45, 7) is 4.66. The second-order valence-electron chi connectivity index (χ2n) is 5.30.